The summed E-state index contributed by atoms with van der Waals surface area (Å²) in [7, 11) is -2.99. The molecular formula is C25H31NO7S. The molecule has 0 saturated carbocycles. The van der Waals surface area contributed by atoms with E-state index in [-0.39, 0.29) is 11.3 Å². The minimum atomic E-state index is -4.46. The van der Waals surface area contributed by atoms with Crippen molar-refractivity contribution in [3.8, 4) is 5.75 Å². The van der Waals surface area contributed by atoms with Crippen LogP contribution in [0.25, 0.3) is 0 Å². The minimum absolute atomic E-state index is 0.121. The molecule has 0 amide bonds. The van der Waals surface area contributed by atoms with Crippen LogP contribution in [0.15, 0.2) is 71.1 Å². The molecule has 2 aromatic carbocycles. The van der Waals surface area contributed by atoms with Crippen LogP contribution in [0.1, 0.15) is 31.9 Å². The lowest BCUT2D eigenvalue weighted by molar-refractivity contribution is -0.236. The molecule has 1 saturated heterocycles. The summed E-state index contributed by atoms with van der Waals surface area (Å²) in [6, 6.07) is 14.4. The Morgan fingerprint density at radius 3 is 2.26 bits per heavy atom. The molecule has 0 spiro atoms. The summed E-state index contributed by atoms with van der Waals surface area (Å²) in [5.74, 6) is -1.02. The number of carboxylic acid groups (broad SMARTS) is 1. The number of hydrogen-bond acceptors (Lipinski definition) is 7. The maximum absolute atomic E-state index is 14.2. The summed E-state index contributed by atoms with van der Waals surface area (Å²) in [4.78, 5) is 19.2. The molecule has 184 valence electrons. The zero-order valence-corrected chi connectivity index (χ0v) is 20.5. The molecule has 0 radical (unpaired) electrons. The number of carbonyl (C=O) groups is 1. The van der Waals surface area contributed by atoms with Crippen LogP contribution in [-0.2, 0) is 24.2 Å². The Labute approximate surface area is 200 Å². The van der Waals surface area contributed by atoms with Gasteiger partial charge in [0.1, 0.15) is 11.9 Å². The second-order valence-electron chi connectivity index (χ2n) is 8.30. The van der Waals surface area contributed by atoms with Crippen LogP contribution in [0, 0.1) is 0 Å². The van der Waals surface area contributed by atoms with E-state index in [2.05, 4.69) is 0 Å². The number of aliphatic carboxylic acids is 1. The van der Waals surface area contributed by atoms with Gasteiger partial charge in [-0.3, -0.25) is 9.63 Å². The lowest BCUT2D eigenvalue weighted by atomic mass is 9.91. The third kappa shape index (κ3) is 5.33. The van der Waals surface area contributed by atoms with Gasteiger partial charge < -0.3 is 14.6 Å². The predicted molar refractivity (Wildman–Crippen MR) is 127 cm³/mol. The Bertz CT molecular complexity index is 1090. The third-order valence-electron chi connectivity index (χ3n) is 5.78. The van der Waals surface area contributed by atoms with Gasteiger partial charge in [-0.25, -0.2) is 8.42 Å². The summed E-state index contributed by atoms with van der Waals surface area (Å²) >= 11 is 0. The van der Waals surface area contributed by atoms with Gasteiger partial charge in [-0.15, -0.1) is 0 Å². The molecule has 9 heteroatoms. The number of nitrogens with zero attached hydrogens (tertiary/aromatic N) is 1. The highest BCUT2D eigenvalue weighted by Crippen LogP contribution is 2.44. The van der Waals surface area contributed by atoms with E-state index in [1.165, 1.54) is 31.4 Å². The molecule has 1 fully saturated rings. The summed E-state index contributed by atoms with van der Waals surface area (Å²) < 4.78 is 36.6. The number of hydroxylamine groups is 2. The fraction of sp³-hybridized carbons (Fsp3) is 0.400. The van der Waals surface area contributed by atoms with E-state index in [9.17, 15) is 18.3 Å². The summed E-state index contributed by atoms with van der Waals surface area (Å²) in [6.07, 6.45) is 0.0449. The molecule has 2 aromatic rings. The first-order valence-electron chi connectivity index (χ1n) is 11.0. The van der Waals surface area contributed by atoms with Gasteiger partial charge in [-0.05, 0) is 50.1 Å². The summed E-state index contributed by atoms with van der Waals surface area (Å²) in [5, 5.41) is 12.2. The van der Waals surface area contributed by atoms with Crippen LogP contribution in [0.5, 0.6) is 5.75 Å². The molecule has 34 heavy (non-hydrogen) atoms. The molecular weight excluding hydrogens is 458 g/mol. The van der Waals surface area contributed by atoms with E-state index in [0.29, 0.717) is 37.6 Å². The van der Waals surface area contributed by atoms with Gasteiger partial charge in [0.15, 0.2) is 9.84 Å². The van der Waals surface area contributed by atoms with Crippen LogP contribution >= 0.6 is 0 Å². The first-order valence-corrected chi connectivity index (χ1v) is 12.5. The number of carboxylic acids is 1. The maximum Gasteiger partial charge on any atom is 0.328 e. The van der Waals surface area contributed by atoms with Crippen LogP contribution in [0.2, 0.25) is 0 Å². The number of rotatable bonds is 10. The van der Waals surface area contributed by atoms with Gasteiger partial charge in [0, 0.05) is 13.1 Å². The van der Waals surface area contributed by atoms with Crippen molar-refractivity contribution in [3.63, 3.8) is 0 Å². The highest BCUT2D eigenvalue weighted by molar-refractivity contribution is 7.93. The molecule has 1 aliphatic heterocycles. The van der Waals surface area contributed by atoms with Gasteiger partial charge in [0.2, 0.25) is 4.75 Å². The zero-order valence-electron chi connectivity index (χ0n) is 19.6. The molecule has 1 aliphatic rings. The fourth-order valence-corrected chi connectivity index (χ4v) is 5.75. The standard InChI is InChI=1S/C25H31NO7S/c1-19(2)13-14-25(24(27)28,34(29,30)22-11-9-21(31-3)10-12-22)23(20-7-5-4-6-8-20)33-26-15-17-32-18-16-26/h4-13,23H,14-18H2,1-3H3,(H,27,28). The number of sulfone groups is 1. The molecule has 1 N–H and O–H groups in total. The molecule has 8 nitrogen and oxygen atoms in total. The number of methoxy groups -OCH3 is 1. The van der Waals surface area contributed by atoms with E-state index >= 15 is 0 Å². The van der Waals surface area contributed by atoms with Gasteiger partial charge in [0.25, 0.3) is 0 Å². The lowest BCUT2D eigenvalue weighted by Gasteiger charge is -2.39. The van der Waals surface area contributed by atoms with Gasteiger partial charge >= 0.3 is 5.97 Å². The molecule has 0 aliphatic carbocycles. The number of allylic oxidation sites excluding steroid dienone is 2. The highest BCUT2D eigenvalue weighted by atomic mass is 32.2. The van der Waals surface area contributed by atoms with Crippen molar-refractivity contribution >= 4 is 15.8 Å². The first kappa shape index (κ1) is 25.9. The molecule has 3 rings (SSSR count). The van der Waals surface area contributed by atoms with Crippen molar-refractivity contribution in [1.29, 1.82) is 0 Å². The van der Waals surface area contributed by atoms with Crippen molar-refractivity contribution in [2.45, 2.75) is 36.0 Å². The van der Waals surface area contributed by atoms with Crippen LogP contribution in [0.4, 0.5) is 0 Å². The predicted octanol–water partition coefficient (Wildman–Crippen LogP) is 3.65. The monoisotopic (exact) mass is 489 g/mol. The van der Waals surface area contributed by atoms with Gasteiger partial charge in [-0.1, -0.05) is 42.0 Å². The highest BCUT2D eigenvalue weighted by Gasteiger charge is 2.59. The summed E-state index contributed by atoms with van der Waals surface area (Å²) in [5.41, 5.74) is 1.25. The minimum Gasteiger partial charge on any atom is -0.497 e. The average molecular weight is 490 g/mol. The Morgan fingerprint density at radius 1 is 1.12 bits per heavy atom. The largest absolute Gasteiger partial charge is 0.497 e. The summed E-state index contributed by atoms with van der Waals surface area (Å²) in [6.45, 7) is 5.19. The Hall–Kier alpha value is -2.72. The Morgan fingerprint density at radius 2 is 1.74 bits per heavy atom. The fourth-order valence-electron chi connectivity index (χ4n) is 3.84. The molecule has 2 unspecified atom stereocenters. The SMILES string of the molecule is COc1ccc(S(=O)(=O)C(CC=C(C)C)(C(=O)O)C(ON2CCOCC2)c2ccccc2)cc1. The lowest BCUT2D eigenvalue weighted by Crippen LogP contribution is -2.54. The molecule has 0 bridgehead atoms. The first-order chi connectivity index (χ1) is 16.2. The molecule has 0 aromatic heterocycles. The number of ether oxygens (including phenoxy) is 2. The maximum atomic E-state index is 14.2. The van der Waals surface area contributed by atoms with Crippen molar-refractivity contribution < 1.29 is 32.6 Å². The van der Waals surface area contributed by atoms with E-state index in [4.69, 9.17) is 14.3 Å². The number of hydrogen-bond donors (Lipinski definition) is 1. The third-order valence-corrected chi connectivity index (χ3v) is 8.18. The smallest absolute Gasteiger partial charge is 0.328 e. The van der Waals surface area contributed by atoms with Crippen molar-refractivity contribution in [2.75, 3.05) is 33.4 Å². The van der Waals surface area contributed by atoms with Crippen LogP contribution in [-0.4, -0.2) is 62.7 Å². The number of benzene rings is 2. The zero-order chi connectivity index (χ0) is 24.8. The topological polar surface area (TPSA) is 102 Å². The second-order valence-corrected chi connectivity index (χ2v) is 10.5. The van der Waals surface area contributed by atoms with E-state index in [0.717, 1.165) is 5.57 Å². The van der Waals surface area contributed by atoms with E-state index in [1.807, 2.05) is 0 Å². The van der Waals surface area contributed by atoms with Crippen LogP contribution < -0.4 is 4.74 Å². The molecule has 1 heterocycles. The van der Waals surface area contributed by atoms with E-state index < -0.39 is 26.7 Å². The van der Waals surface area contributed by atoms with Gasteiger partial charge in [0.05, 0.1) is 25.2 Å². The van der Waals surface area contributed by atoms with Crippen molar-refractivity contribution in [3.05, 3.63) is 71.8 Å². The second kappa shape index (κ2) is 11.1. The average Bonchev–Trinajstić information content (AvgIpc) is 2.84. The van der Waals surface area contributed by atoms with Crippen molar-refractivity contribution in [2.24, 2.45) is 0 Å². The van der Waals surface area contributed by atoms with E-state index in [1.54, 1.807) is 55.3 Å². The Kier molecular flexibility index (Phi) is 8.48. The quantitative estimate of drug-likeness (QED) is 0.505. The van der Waals surface area contributed by atoms with Gasteiger partial charge in [-0.2, -0.15) is 5.06 Å². The van der Waals surface area contributed by atoms with Crippen molar-refractivity contribution in [1.82, 2.24) is 5.06 Å². The Balaban J connectivity index is 2.24. The van der Waals surface area contributed by atoms with Crippen LogP contribution in [0.3, 0.4) is 0 Å². The number of morpholine rings is 1. The molecule has 2 atom stereocenters. The normalized spacial score (nSPS) is 17.4.